The lowest BCUT2D eigenvalue weighted by Crippen LogP contribution is -2.35. The summed E-state index contributed by atoms with van der Waals surface area (Å²) >= 11 is 0. The number of anilines is 1. The van der Waals surface area contributed by atoms with E-state index in [9.17, 15) is 9.90 Å². The number of fused-ring (bicyclic) bond motifs is 1. The number of phenols is 1. The number of carbonyl (C=O) groups excluding carboxylic acids is 1. The Bertz CT molecular complexity index is 625. The molecular formula is C17H22N2O2. The van der Waals surface area contributed by atoms with E-state index in [4.69, 9.17) is 5.73 Å². The molecular weight excluding hydrogens is 264 g/mol. The Morgan fingerprint density at radius 2 is 2.10 bits per heavy atom. The van der Waals surface area contributed by atoms with E-state index in [-0.39, 0.29) is 11.7 Å². The van der Waals surface area contributed by atoms with Gasteiger partial charge in [0.15, 0.2) is 0 Å². The summed E-state index contributed by atoms with van der Waals surface area (Å²) in [5.41, 5.74) is 6.60. The van der Waals surface area contributed by atoms with Crippen molar-refractivity contribution in [3.8, 4) is 5.75 Å². The van der Waals surface area contributed by atoms with Gasteiger partial charge >= 0.3 is 0 Å². The molecule has 1 unspecified atom stereocenters. The highest BCUT2D eigenvalue weighted by atomic mass is 16.3. The van der Waals surface area contributed by atoms with Crippen LogP contribution in [0.2, 0.25) is 0 Å². The zero-order valence-corrected chi connectivity index (χ0v) is 12.3. The molecule has 0 aliphatic heterocycles. The Morgan fingerprint density at radius 1 is 1.29 bits per heavy atom. The molecule has 0 aromatic heterocycles. The van der Waals surface area contributed by atoms with E-state index in [2.05, 4.69) is 12.2 Å². The first-order chi connectivity index (χ1) is 10.1. The predicted octanol–water partition coefficient (Wildman–Crippen LogP) is 3.39. The quantitative estimate of drug-likeness (QED) is 0.712. The number of nitrogens with one attached hydrogen (secondary N) is 1. The van der Waals surface area contributed by atoms with E-state index in [0.717, 1.165) is 30.0 Å². The van der Waals surface area contributed by atoms with E-state index >= 15 is 0 Å². The van der Waals surface area contributed by atoms with E-state index in [1.807, 2.05) is 24.3 Å². The summed E-state index contributed by atoms with van der Waals surface area (Å²) in [6, 6.07) is 10.2. The minimum absolute atomic E-state index is 0.177. The summed E-state index contributed by atoms with van der Waals surface area (Å²) in [5, 5.41) is 14.2. The van der Waals surface area contributed by atoms with Crippen LogP contribution in [-0.4, -0.2) is 17.1 Å². The number of carbonyl (C=O) groups is 1. The monoisotopic (exact) mass is 286 g/mol. The minimum atomic E-state index is -0.496. The average molecular weight is 286 g/mol. The zero-order chi connectivity index (χ0) is 15.2. The average Bonchev–Trinajstić information content (AvgIpc) is 2.48. The summed E-state index contributed by atoms with van der Waals surface area (Å²) in [6.45, 7) is 2.12. The third-order valence-corrected chi connectivity index (χ3v) is 3.58. The van der Waals surface area contributed by atoms with Gasteiger partial charge < -0.3 is 16.2 Å². The number of aromatic hydroxyl groups is 1. The normalized spacial score (nSPS) is 12.3. The Balaban J connectivity index is 2.12. The molecule has 1 atom stereocenters. The molecule has 0 aliphatic rings. The molecule has 4 N–H and O–H groups in total. The molecule has 21 heavy (non-hydrogen) atoms. The van der Waals surface area contributed by atoms with Crippen LogP contribution < -0.4 is 11.1 Å². The number of hydrogen-bond acceptors (Lipinski definition) is 3. The van der Waals surface area contributed by atoms with Gasteiger partial charge in [0.1, 0.15) is 5.75 Å². The number of amides is 1. The zero-order valence-electron chi connectivity index (χ0n) is 12.3. The molecule has 1 amide bonds. The minimum Gasteiger partial charge on any atom is -0.508 e. The molecule has 0 heterocycles. The molecule has 0 spiro atoms. The third kappa shape index (κ3) is 3.95. The molecule has 0 aliphatic carbocycles. The SMILES string of the molecule is CCCCCC(N)C(=O)Nc1cccc2ccc(O)cc12. The number of benzene rings is 2. The lowest BCUT2D eigenvalue weighted by atomic mass is 10.1. The predicted molar refractivity (Wildman–Crippen MR) is 86.4 cm³/mol. The van der Waals surface area contributed by atoms with Crippen LogP contribution in [0.1, 0.15) is 32.6 Å². The van der Waals surface area contributed by atoms with Crippen molar-refractivity contribution >= 4 is 22.4 Å². The Labute approximate surface area is 125 Å². The van der Waals surface area contributed by atoms with Crippen LogP contribution in [0.25, 0.3) is 10.8 Å². The van der Waals surface area contributed by atoms with Crippen molar-refractivity contribution in [1.29, 1.82) is 0 Å². The highest BCUT2D eigenvalue weighted by Crippen LogP contribution is 2.27. The fourth-order valence-corrected chi connectivity index (χ4v) is 2.34. The first kappa shape index (κ1) is 15.3. The summed E-state index contributed by atoms with van der Waals surface area (Å²) in [6.07, 6.45) is 3.84. The van der Waals surface area contributed by atoms with Crippen molar-refractivity contribution in [3.05, 3.63) is 36.4 Å². The van der Waals surface area contributed by atoms with Gasteiger partial charge in [0.2, 0.25) is 5.91 Å². The van der Waals surface area contributed by atoms with Crippen molar-refractivity contribution in [2.24, 2.45) is 5.73 Å². The van der Waals surface area contributed by atoms with Crippen LogP contribution in [0.5, 0.6) is 5.75 Å². The number of hydrogen-bond donors (Lipinski definition) is 3. The molecule has 0 radical (unpaired) electrons. The van der Waals surface area contributed by atoms with Gasteiger partial charge in [0.25, 0.3) is 0 Å². The molecule has 2 rings (SSSR count). The van der Waals surface area contributed by atoms with Crippen LogP contribution in [0.4, 0.5) is 5.69 Å². The van der Waals surface area contributed by atoms with Crippen LogP contribution >= 0.6 is 0 Å². The van der Waals surface area contributed by atoms with Gasteiger partial charge in [0, 0.05) is 11.1 Å². The lowest BCUT2D eigenvalue weighted by Gasteiger charge is -2.13. The van der Waals surface area contributed by atoms with Gasteiger partial charge in [-0.2, -0.15) is 0 Å². The highest BCUT2D eigenvalue weighted by Gasteiger charge is 2.14. The second-order valence-corrected chi connectivity index (χ2v) is 5.30. The van der Waals surface area contributed by atoms with E-state index in [1.165, 1.54) is 0 Å². The van der Waals surface area contributed by atoms with Crippen LogP contribution in [0.15, 0.2) is 36.4 Å². The second kappa shape index (κ2) is 7.09. The van der Waals surface area contributed by atoms with E-state index in [1.54, 1.807) is 12.1 Å². The smallest absolute Gasteiger partial charge is 0.241 e. The summed E-state index contributed by atoms with van der Waals surface area (Å²) in [4.78, 5) is 12.1. The Kier molecular flexibility index (Phi) is 5.17. The maximum absolute atomic E-state index is 12.1. The molecule has 4 heteroatoms. The molecule has 0 bridgehead atoms. The molecule has 0 saturated heterocycles. The largest absolute Gasteiger partial charge is 0.508 e. The van der Waals surface area contributed by atoms with Gasteiger partial charge in [-0.05, 0) is 30.0 Å². The van der Waals surface area contributed by atoms with Crippen LogP contribution in [-0.2, 0) is 4.79 Å². The Hall–Kier alpha value is -2.07. The molecule has 0 fully saturated rings. The van der Waals surface area contributed by atoms with Crippen LogP contribution in [0, 0.1) is 0 Å². The summed E-state index contributed by atoms with van der Waals surface area (Å²) < 4.78 is 0. The molecule has 2 aromatic rings. The molecule has 4 nitrogen and oxygen atoms in total. The fraction of sp³-hybridized carbons (Fsp3) is 0.353. The Morgan fingerprint density at radius 3 is 2.86 bits per heavy atom. The fourth-order valence-electron chi connectivity index (χ4n) is 2.34. The highest BCUT2D eigenvalue weighted by molar-refractivity contribution is 6.04. The summed E-state index contributed by atoms with van der Waals surface area (Å²) in [5.74, 6) is -0.00149. The van der Waals surface area contributed by atoms with Gasteiger partial charge in [0.05, 0.1) is 6.04 Å². The standard InChI is InChI=1S/C17H22N2O2/c1-2-3-4-7-15(18)17(21)19-16-8-5-6-12-9-10-13(20)11-14(12)16/h5-6,8-11,15,20H,2-4,7,18H2,1H3,(H,19,21). The van der Waals surface area contributed by atoms with E-state index < -0.39 is 6.04 Å². The van der Waals surface area contributed by atoms with Crippen molar-refractivity contribution in [2.45, 2.75) is 38.6 Å². The van der Waals surface area contributed by atoms with Gasteiger partial charge in [-0.3, -0.25) is 4.79 Å². The van der Waals surface area contributed by atoms with Crippen molar-refractivity contribution in [1.82, 2.24) is 0 Å². The first-order valence-corrected chi connectivity index (χ1v) is 7.40. The lowest BCUT2D eigenvalue weighted by molar-refractivity contribution is -0.117. The second-order valence-electron chi connectivity index (χ2n) is 5.30. The van der Waals surface area contributed by atoms with Crippen LogP contribution in [0.3, 0.4) is 0 Å². The number of phenolic OH excluding ortho intramolecular Hbond substituents is 1. The first-order valence-electron chi connectivity index (χ1n) is 7.40. The number of rotatable bonds is 6. The maximum Gasteiger partial charge on any atom is 0.241 e. The van der Waals surface area contributed by atoms with E-state index in [0.29, 0.717) is 12.1 Å². The topological polar surface area (TPSA) is 75.4 Å². The molecule has 2 aromatic carbocycles. The van der Waals surface area contributed by atoms with Crippen molar-refractivity contribution in [2.75, 3.05) is 5.32 Å². The van der Waals surface area contributed by atoms with Gasteiger partial charge in [-0.15, -0.1) is 0 Å². The molecule has 112 valence electrons. The third-order valence-electron chi connectivity index (χ3n) is 3.58. The van der Waals surface area contributed by atoms with Crippen molar-refractivity contribution in [3.63, 3.8) is 0 Å². The number of unbranched alkanes of at least 4 members (excludes halogenated alkanes) is 2. The molecule has 0 saturated carbocycles. The van der Waals surface area contributed by atoms with Gasteiger partial charge in [-0.25, -0.2) is 0 Å². The van der Waals surface area contributed by atoms with Gasteiger partial charge in [-0.1, -0.05) is 44.4 Å². The summed E-state index contributed by atoms with van der Waals surface area (Å²) in [7, 11) is 0. The van der Waals surface area contributed by atoms with Crippen molar-refractivity contribution < 1.29 is 9.90 Å². The number of nitrogens with two attached hydrogens (primary N) is 1. The maximum atomic E-state index is 12.1.